The van der Waals surface area contributed by atoms with E-state index in [1.807, 2.05) is 6.07 Å². The Hall–Kier alpha value is -2.83. The van der Waals surface area contributed by atoms with Crippen LogP contribution in [0, 0.1) is 12.7 Å². The zero-order valence-corrected chi connectivity index (χ0v) is 14.6. The highest BCUT2D eigenvalue weighted by atomic mass is 19.1. The van der Waals surface area contributed by atoms with Gasteiger partial charge in [-0.2, -0.15) is 0 Å². The predicted octanol–water partition coefficient (Wildman–Crippen LogP) is 3.41. The third-order valence-corrected chi connectivity index (χ3v) is 5.22. The van der Waals surface area contributed by atoms with E-state index in [1.54, 1.807) is 17.7 Å². The molecule has 6 nitrogen and oxygen atoms in total. The predicted molar refractivity (Wildman–Crippen MR) is 95.7 cm³/mol. The van der Waals surface area contributed by atoms with Crippen LogP contribution in [0.2, 0.25) is 0 Å². The maximum Gasteiger partial charge on any atom is 0.251 e. The largest absolute Gasteiger partial charge is 0.366 e. The van der Waals surface area contributed by atoms with Crippen LogP contribution in [0.3, 0.4) is 0 Å². The Morgan fingerprint density at radius 3 is 2.54 bits per heavy atom. The van der Waals surface area contributed by atoms with Gasteiger partial charge >= 0.3 is 0 Å². The first kappa shape index (κ1) is 16.6. The summed E-state index contributed by atoms with van der Waals surface area (Å²) in [6.45, 7) is 1.79. The van der Waals surface area contributed by atoms with E-state index in [1.165, 1.54) is 19.3 Å². The van der Waals surface area contributed by atoms with Crippen molar-refractivity contribution in [2.45, 2.75) is 44.9 Å². The zero-order valence-electron chi connectivity index (χ0n) is 14.6. The molecule has 3 aromatic heterocycles. The van der Waals surface area contributed by atoms with Gasteiger partial charge in [0.05, 0.1) is 18.0 Å². The summed E-state index contributed by atoms with van der Waals surface area (Å²) in [5.41, 5.74) is 8.47. The van der Waals surface area contributed by atoms with E-state index in [4.69, 9.17) is 5.73 Å². The topological polar surface area (TPSA) is 86.7 Å². The maximum absolute atomic E-state index is 13.2. The van der Waals surface area contributed by atoms with Crippen LogP contribution >= 0.6 is 0 Å². The maximum atomic E-state index is 13.2. The van der Waals surface area contributed by atoms with Gasteiger partial charge < -0.3 is 5.73 Å². The normalized spacial score (nSPS) is 15.5. The Balaban J connectivity index is 2.01. The number of carbonyl (C=O) groups is 1. The Labute approximate surface area is 150 Å². The number of carbonyl (C=O) groups excluding carboxylic acids is 1. The van der Waals surface area contributed by atoms with Crippen LogP contribution in [0.25, 0.3) is 17.0 Å². The number of hydrogen-bond donors (Lipinski definition) is 1. The first-order valence-corrected chi connectivity index (χ1v) is 8.85. The summed E-state index contributed by atoms with van der Waals surface area (Å²) in [5.74, 6) is -0.362. The molecule has 1 fully saturated rings. The monoisotopic (exact) mass is 353 g/mol. The van der Waals surface area contributed by atoms with Crippen LogP contribution in [-0.4, -0.2) is 25.4 Å². The van der Waals surface area contributed by atoms with Gasteiger partial charge in [0.2, 0.25) is 5.95 Å². The van der Waals surface area contributed by atoms with Crippen molar-refractivity contribution in [1.82, 2.24) is 19.5 Å². The number of nitrogens with zero attached hydrogens (tertiary/aromatic N) is 4. The lowest BCUT2D eigenvalue weighted by Crippen LogP contribution is -2.14. The fourth-order valence-electron chi connectivity index (χ4n) is 4.06. The number of aromatic nitrogens is 4. The molecular formula is C19H20FN5O. The van der Waals surface area contributed by atoms with Crippen molar-refractivity contribution in [3.05, 3.63) is 47.3 Å². The van der Waals surface area contributed by atoms with E-state index >= 15 is 0 Å². The molecule has 0 atom stereocenters. The Morgan fingerprint density at radius 1 is 1.19 bits per heavy atom. The molecule has 2 N–H and O–H groups in total. The van der Waals surface area contributed by atoms with Gasteiger partial charge in [0, 0.05) is 17.3 Å². The van der Waals surface area contributed by atoms with Crippen LogP contribution in [0.15, 0.2) is 24.7 Å². The summed E-state index contributed by atoms with van der Waals surface area (Å²) >= 11 is 0. The second-order valence-electron chi connectivity index (χ2n) is 6.80. The molecule has 1 aliphatic carbocycles. The standard InChI is InChI=1S/C19H20FN5O/c1-11-15(17(21)26)16-14(12-5-3-2-4-6-12)7-8-22-18(16)25(11)19-23-9-13(20)10-24-19/h7-10,12H,2-6H2,1H3,(H2,21,26). The molecule has 1 amide bonds. The third-order valence-electron chi connectivity index (χ3n) is 5.22. The molecule has 0 spiro atoms. The molecule has 0 radical (unpaired) electrons. The van der Waals surface area contributed by atoms with E-state index in [2.05, 4.69) is 15.0 Å². The molecule has 1 aliphatic rings. The molecule has 0 aliphatic heterocycles. The SMILES string of the molecule is Cc1c(C(N)=O)c2c(C3CCCCC3)ccnc2n1-c1ncc(F)cn1. The minimum atomic E-state index is -0.520. The fraction of sp³-hybridized carbons (Fsp3) is 0.368. The van der Waals surface area contributed by atoms with E-state index in [9.17, 15) is 9.18 Å². The number of rotatable bonds is 3. The summed E-state index contributed by atoms with van der Waals surface area (Å²) in [6.07, 6.45) is 9.74. The van der Waals surface area contributed by atoms with Crippen molar-refractivity contribution in [2.24, 2.45) is 5.73 Å². The summed E-state index contributed by atoms with van der Waals surface area (Å²) in [4.78, 5) is 24.8. The Morgan fingerprint density at radius 2 is 1.88 bits per heavy atom. The van der Waals surface area contributed by atoms with Crippen LogP contribution in [0.1, 0.15) is 59.6 Å². The highest BCUT2D eigenvalue weighted by Crippen LogP contribution is 2.39. The number of nitrogens with two attached hydrogens (primary N) is 1. The molecule has 0 unspecified atom stereocenters. The third kappa shape index (κ3) is 2.64. The molecule has 7 heteroatoms. The second kappa shape index (κ2) is 6.48. The first-order chi connectivity index (χ1) is 12.6. The van der Waals surface area contributed by atoms with Gasteiger partial charge in [-0.15, -0.1) is 0 Å². The number of fused-ring (bicyclic) bond motifs is 1. The van der Waals surface area contributed by atoms with Crippen LogP contribution in [0.5, 0.6) is 0 Å². The molecule has 0 saturated heterocycles. The van der Waals surface area contributed by atoms with Crippen molar-refractivity contribution in [2.75, 3.05) is 0 Å². The molecule has 3 aromatic rings. The quantitative estimate of drug-likeness (QED) is 0.782. The molecule has 134 valence electrons. The first-order valence-electron chi connectivity index (χ1n) is 8.85. The highest BCUT2D eigenvalue weighted by molar-refractivity contribution is 6.08. The number of hydrogen-bond acceptors (Lipinski definition) is 4. The molecule has 0 aromatic carbocycles. The van der Waals surface area contributed by atoms with Gasteiger partial charge in [-0.3, -0.25) is 9.36 Å². The summed E-state index contributed by atoms with van der Waals surface area (Å²) in [7, 11) is 0. The second-order valence-corrected chi connectivity index (χ2v) is 6.80. The minimum absolute atomic E-state index is 0.273. The van der Waals surface area contributed by atoms with Gasteiger partial charge in [0.15, 0.2) is 5.82 Å². The van der Waals surface area contributed by atoms with Crippen LogP contribution in [-0.2, 0) is 0 Å². The molecule has 4 rings (SSSR count). The van der Waals surface area contributed by atoms with E-state index in [0.29, 0.717) is 22.8 Å². The number of amides is 1. The van der Waals surface area contributed by atoms with Crippen molar-refractivity contribution < 1.29 is 9.18 Å². The molecule has 1 saturated carbocycles. The molecule has 0 bridgehead atoms. The minimum Gasteiger partial charge on any atom is -0.366 e. The number of primary amides is 1. The van der Waals surface area contributed by atoms with Crippen LogP contribution < -0.4 is 5.73 Å². The van der Waals surface area contributed by atoms with Crippen molar-refractivity contribution in [3.63, 3.8) is 0 Å². The smallest absolute Gasteiger partial charge is 0.251 e. The highest BCUT2D eigenvalue weighted by Gasteiger charge is 2.27. The summed E-state index contributed by atoms with van der Waals surface area (Å²) < 4.78 is 14.9. The van der Waals surface area contributed by atoms with Crippen molar-refractivity contribution in [3.8, 4) is 5.95 Å². The van der Waals surface area contributed by atoms with Crippen molar-refractivity contribution in [1.29, 1.82) is 0 Å². The van der Waals surface area contributed by atoms with Gasteiger partial charge in [-0.25, -0.2) is 19.3 Å². The average molecular weight is 353 g/mol. The molecular weight excluding hydrogens is 333 g/mol. The van der Waals surface area contributed by atoms with Gasteiger partial charge in [-0.1, -0.05) is 19.3 Å². The zero-order chi connectivity index (χ0) is 18.3. The van der Waals surface area contributed by atoms with Gasteiger partial charge in [0.1, 0.15) is 5.65 Å². The fourth-order valence-corrected chi connectivity index (χ4v) is 4.06. The average Bonchev–Trinajstić information content (AvgIpc) is 2.95. The van der Waals surface area contributed by atoms with E-state index in [-0.39, 0.29) is 5.95 Å². The van der Waals surface area contributed by atoms with E-state index in [0.717, 1.165) is 36.2 Å². The van der Waals surface area contributed by atoms with E-state index < -0.39 is 11.7 Å². The van der Waals surface area contributed by atoms with Crippen molar-refractivity contribution >= 4 is 16.9 Å². The lowest BCUT2D eigenvalue weighted by Gasteiger charge is -2.22. The van der Waals surface area contributed by atoms with Crippen LogP contribution in [0.4, 0.5) is 4.39 Å². The molecule has 3 heterocycles. The molecule has 26 heavy (non-hydrogen) atoms. The number of halogens is 1. The Kier molecular flexibility index (Phi) is 4.14. The summed E-state index contributed by atoms with van der Waals surface area (Å²) in [5, 5.41) is 0.775. The van der Waals surface area contributed by atoms with Gasteiger partial charge in [0.25, 0.3) is 5.91 Å². The lowest BCUT2D eigenvalue weighted by atomic mass is 9.82. The van der Waals surface area contributed by atoms with Gasteiger partial charge in [-0.05, 0) is 37.3 Å². The number of pyridine rings is 1. The Bertz CT molecular complexity index is 974. The lowest BCUT2D eigenvalue weighted by molar-refractivity contribution is 0.100. The summed E-state index contributed by atoms with van der Waals surface area (Å²) in [6, 6.07) is 1.99.